The Bertz CT molecular complexity index is 2090. The lowest BCUT2D eigenvalue weighted by Crippen LogP contribution is -2.54. The van der Waals surface area contributed by atoms with Crippen LogP contribution in [-0.2, 0) is 23.3 Å². The van der Waals surface area contributed by atoms with Crippen LogP contribution in [0.15, 0.2) is 55.1 Å². The van der Waals surface area contributed by atoms with Gasteiger partial charge in [-0.3, -0.25) is 19.5 Å². The topological polar surface area (TPSA) is 162 Å². The van der Waals surface area contributed by atoms with Crippen LogP contribution in [0.4, 0.5) is 10.1 Å². The van der Waals surface area contributed by atoms with E-state index >= 15 is 0 Å². The Morgan fingerprint density at radius 1 is 1.13 bits per heavy atom. The number of hydrogen-bond acceptors (Lipinski definition) is 9. The third-order valence-electron chi connectivity index (χ3n) is 9.01. The third kappa shape index (κ3) is 4.97. The summed E-state index contributed by atoms with van der Waals surface area (Å²) < 4.78 is 21.4. The van der Waals surface area contributed by atoms with Gasteiger partial charge in [0.2, 0.25) is 0 Å². The Morgan fingerprint density at radius 2 is 1.89 bits per heavy atom. The number of aromatic nitrogens is 6. The third-order valence-corrected chi connectivity index (χ3v) is 9.21. The van der Waals surface area contributed by atoms with Gasteiger partial charge in [0.25, 0.3) is 17.6 Å². The predicted molar refractivity (Wildman–Crippen MR) is 168 cm³/mol. The summed E-state index contributed by atoms with van der Waals surface area (Å²) in [6, 6.07) is 8.15. The van der Waals surface area contributed by atoms with Gasteiger partial charge in [-0.2, -0.15) is 5.10 Å². The van der Waals surface area contributed by atoms with Crippen molar-refractivity contribution < 1.29 is 23.8 Å². The number of carbonyl (C=O) groups is 2. The smallest absolute Gasteiger partial charge is 0.299 e. The van der Waals surface area contributed by atoms with E-state index in [1.54, 1.807) is 30.5 Å². The summed E-state index contributed by atoms with van der Waals surface area (Å²) in [5.74, 6) is -3.06. The van der Waals surface area contributed by atoms with Crippen LogP contribution < -0.4 is 15.4 Å². The lowest BCUT2D eigenvalue weighted by molar-refractivity contribution is -0.169. The first kappa shape index (κ1) is 29.4. The highest BCUT2D eigenvalue weighted by Gasteiger charge is 2.50. The summed E-state index contributed by atoms with van der Waals surface area (Å²) in [6.45, 7) is 1.21. The van der Waals surface area contributed by atoms with E-state index in [9.17, 15) is 19.1 Å². The lowest BCUT2D eigenvalue weighted by atomic mass is 9.93. The zero-order valence-corrected chi connectivity index (χ0v) is 25.9. The average molecular weight is 655 g/mol. The van der Waals surface area contributed by atoms with Crippen molar-refractivity contribution >= 4 is 40.1 Å². The van der Waals surface area contributed by atoms with Crippen LogP contribution in [0.1, 0.15) is 60.2 Å². The molecule has 5 heterocycles. The molecule has 5 aromatic rings. The fourth-order valence-electron chi connectivity index (χ4n) is 6.37. The van der Waals surface area contributed by atoms with Gasteiger partial charge in [-0.15, -0.1) is 0 Å². The zero-order chi connectivity index (χ0) is 32.7. The number of halogens is 2. The van der Waals surface area contributed by atoms with Crippen molar-refractivity contribution in [2.75, 3.05) is 4.90 Å². The van der Waals surface area contributed by atoms with Crippen LogP contribution in [-0.4, -0.2) is 52.4 Å². The van der Waals surface area contributed by atoms with Gasteiger partial charge in [0.15, 0.2) is 5.65 Å². The first-order valence-electron chi connectivity index (χ1n) is 15.2. The molecule has 2 fully saturated rings. The number of pyridine rings is 2. The molecule has 1 atom stereocenters. The Kier molecular flexibility index (Phi) is 6.57. The average Bonchev–Trinajstić information content (AvgIpc) is 3.98. The number of amides is 2. The molecule has 0 bridgehead atoms. The van der Waals surface area contributed by atoms with E-state index in [1.807, 2.05) is 4.68 Å². The molecule has 238 valence electrons. The molecule has 3 N–H and O–H groups in total. The predicted octanol–water partition coefficient (Wildman–Crippen LogP) is 4.30. The number of hydrogen-bond donors (Lipinski definition) is 2. The standard InChI is InChI=1S/C33H28ClFN8O4/c1-32(46)31(45)42(16-26-38-12-19(34)13-39-26)23-6-4-18(11-24(23)47-32)27-21-15-40-43(33(8-9-33)25-7-5-20(35)14-37-25)30(21)41-22(10-17-2-3-17)28(27)29(36)44/h4-7,11-15,17,46H,2-3,8-10,16H2,1H3,(H2,36,44). The van der Waals surface area contributed by atoms with Crippen molar-refractivity contribution in [1.82, 2.24) is 29.7 Å². The Labute approximate surface area is 272 Å². The molecule has 0 radical (unpaired) electrons. The second kappa shape index (κ2) is 10.5. The molecule has 2 saturated carbocycles. The number of nitrogens with two attached hydrogens (primary N) is 1. The van der Waals surface area contributed by atoms with Gasteiger partial charge in [-0.1, -0.05) is 17.7 Å². The molecule has 2 amide bonds. The molecule has 4 aromatic heterocycles. The highest BCUT2D eigenvalue weighted by atomic mass is 35.5. The number of primary amides is 1. The minimum Gasteiger partial charge on any atom is -0.451 e. The van der Waals surface area contributed by atoms with Gasteiger partial charge in [-0.25, -0.2) is 24.0 Å². The fraction of sp³-hybridized carbons (Fsp3) is 0.303. The molecular weight excluding hydrogens is 627 g/mol. The molecule has 3 aliphatic rings. The normalized spacial score (nSPS) is 19.8. The summed E-state index contributed by atoms with van der Waals surface area (Å²) >= 11 is 5.94. The van der Waals surface area contributed by atoms with Crippen molar-refractivity contribution in [1.29, 1.82) is 0 Å². The fourth-order valence-corrected chi connectivity index (χ4v) is 6.46. The summed E-state index contributed by atoms with van der Waals surface area (Å²) in [7, 11) is 0. The molecule has 8 rings (SSSR count). The molecule has 47 heavy (non-hydrogen) atoms. The summed E-state index contributed by atoms with van der Waals surface area (Å²) in [5.41, 5.74) is 8.98. The van der Waals surface area contributed by atoms with Gasteiger partial charge in [0.05, 0.1) is 46.6 Å². The first-order chi connectivity index (χ1) is 22.5. The number of aliphatic hydroxyl groups is 1. The Hall–Kier alpha value is -5.01. The minimum absolute atomic E-state index is 0.0499. The van der Waals surface area contributed by atoms with Crippen molar-refractivity contribution in [3.05, 3.63) is 88.7 Å². The Morgan fingerprint density at radius 3 is 2.55 bits per heavy atom. The molecule has 12 nitrogen and oxygen atoms in total. The van der Waals surface area contributed by atoms with Crippen LogP contribution in [0.3, 0.4) is 0 Å². The maximum absolute atomic E-state index is 13.8. The molecule has 2 aliphatic carbocycles. The SMILES string of the molecule is CC1(O)Oc2cc(-c3c(C(N)=O)c(CC4CC4)nc4c3cnn4C3(c4ccc(F)cn4)CC3)ccc2N(Cc2ncc(Cl)cn2)C1=O. The molecule has 0 saturated heterocycles. The number of benzene rings is 1. The van der Waals surface area contributed by atoms with Gasteiger partial charge < -0.3 is 15.6 Å². The van der Waals surface area contributed by atoms with Crippen LogP contribution in [0, 0.1) is 11.7 Å². The van der Waals surface area contributed by atoms with E-state index in [0.717, 1.165) is 25.7 Å². The second-order valence-corrected chi connectivity index (χ2v) is 12.9. The van der Waals surface area contributed by atoms with Crippen molar-refractivity contribution in [3.63, 3.8) is 0 Å². The van der Waals surface area contributed by atoms with E-state index < -0.39 is 29.0 Å². The summed E-state index contributed by atoms with van der Waals surface area (Å²) in [6.07, 6.45) is 9.78. The largest absolute Gasteiger partial charge is 0.451 e. The molecule has 1 aliphatic heterocycles. The lowest BCUT2D eigenvalue weighted by Gasteiger charge is -2.37. The number of rotatable bonds is 8. The summed E-state index contributed by atoms with van der Waals surface area (Å²) in [4.78, 5) is 45.6. The minimum atomic E-state index is -2.19. The quantitative estimate of drug-likeness (QED) is 0.248. The van der Waals surface area contributed by atoms with Crippen LogP contribution >= 0.6 is 11.6 Å². The number of ether oxygens (including phenoxy) is 1. The van der Waals surface area contributed by atoms with Crippen LogP contribution in [0.2, 0.25) is 5.02 Å². The van der Waals surface area contributed by atoms with Crippen LogP contribution in [0.5, 0.6) is 5.75 Å². The molecule has 0 spiro atoms. The van der Waals surface area contributed by atoms with E-state index in [0.29, 0.717) is 62.4 Å². The van der Waals surface area contributed by atoms with Gasteiger partial charge in [0.1, 0.15) is 22.9 Å². The maximum Gasteiger partial charge on any atom is 0.299 e. The van der Waals surface area contributed by atoms with Gasteiger partial charge in [-0.05, 0) is 67.9 Å². The van der Waals surface area contributed by atoms with E-state index in [4.69, 9.17) is 32.2 Å². The first-order valence-corrected chi connectivity index (χ1v) is 15.6. The van der Waals surface area contributed by atoms with E-state index in [1.165, 1.54) is 36.5 Å². The van der Waals surface area contributed by atoms with Gasteiger partial charge >= 0.3 is 0 Å². The molecule has 1 unspecified atom stereocenters. The molecule has 14 heteroatoms. The van der Waals surface area contributed by atoms with Crippen molar-refractivity contribution in [2.24, 2.45) is 11.7 Å². The molecule has 1 aromatic carbocycles. The highest BCUT2D eigenvalue weighted by molar-refractivity contribution is 6.30. The number of anilines is 1. The van der Waals surface area contributed by atoms with Crippen LogP contribution in [0.25, 0.3) is 22.2 Å². The monoisotopic (exact) mass is 654 g/mol. The number of carbonyl (C=O) groups excluding carboxylic acids is 2. The highest BCUT2D eigenvalue weighted by Crippen LogP contribution is 2.51. The molecular formula is C33H28ClFN8O4. The number of fused-ring (bicyclic) bond motifs is 2. The van der Waals surface area contributed by atoms with Crippen molar-refractivity contribution in [2.45, 2.75) is 56.9 Å². The summed E-state index contributed by atoms with van der Waals surface area (Å²) in [5, 5.41) is 16.7. The van der Waals surface area contributed by atoms with Gasteiger partial charge in [0, 0.05) is 30.3 Å². The number of nitrogens with zero attached hydrogens (tertiary/aromatic N) is 7. The van der Waals surface area contributed by atoms with E-state index in [2.05, 4.69) is 15.0 Å². The zero-order valence-electron chi connectivity index (χ0n) is 25.2. The Balaban J connectivity index is 1.30. The maximum atomic E-state index is 13.8. The van der Waals surface area contributed by atoms with E-state index in [-0.39, 0.29) is 17.9 Å². The van der Waals surface area contributed by atoms with Crippen molar-refractivity contribution in [3.8, 4) is 16.9 Å². The second-order valence-electron chi connectivity index (χ2n) is 12.5.